The standard InChI is InChI=1S/C13H25N3O/c1-15-7-8-17-11(10-15)9-14-12-4-6-16-5-2-3-13(12)16/h11-14H,2-10H2,1H3. The monoisotopic (exact) mass is 239 g/mol. The molecule has 3 rings (SSSR count). The van der Waals surface area contributed by atoms with Crippen molar-refractivity contribution in [2.24, 2.45) is 0 Å². The summed E-state index contributed by atoms with van der Waals surface area (Å²) < 4.78 is 5.80. The molecule has 3 fully saturated rings. The van der Waals surface area contributed by atoms with Crippen LogP contribution >= 0.6 is 0 Å². The molecule has 0 aromatic heterocycles. The third kappa shape index (κ3) is 2.65. The Hall–Kier alpha value is -0.160. The first-order chi connectivity index (χ1) is 8.33. The Morgan fingerprint density at radius 3 is 3.06 bits per heavy atom. The van der Waals surface area contributed by atoms with Gasteiger partial charge in [0.25, 0.3) is 0 Å². The van der Waals surface area contributed by atoms with E-state index >= 15 is 0 Å². The Morgan fingerprint density at radius 1 is 1.24 bits per heavy atom. The largest absolute Gasteiger partial charge is 0.374 e. The van der Waals surface area contributed by atoms with Gasteiger partial charge in [-0.1, -0.05) is 0 Å². The predicted molar refractivity (Wildman–Crippen MR) is 68.2 cm³/mol. The summed E-state index contributed by atoms with van der Waals surface area (Å²) in [6, 6.07) is 1.53. The molecular weight excluding hydrogens is 214 g/mol. The normalized spacial score (nSPS) is 39.7. The van der Waals surface area contributed by atoms with E-state index in [1.165, 1.54) is 32.4 Å². The molecule has 0 bridgehead atoms. The van der Waals surface area contributed by atoms with E-state index < -0.39 is 0 Å². The maximum absolute atomic E-state index is 5.80. The Morgan fingerprint density at radius 2 is 2.18 bits per heavy atom. The summed E-state index contributed by atoms with van der Waals surface area (Å²) in [4.78, 5) is 5.03. The van der Waals surface area contributed by atoms with Gasteiger partial charge in [0.1, 0.15) is 0 Å². The van der Waals surface area contributed by atoms with Crippen LogP contribution in [0.25, 0.3) is 0 Å². The summed E-state index contributed by atoms with van der Waals surface area (Å²) in [6.45, 7) is 6.70. The molecule has 3 heterocycles. The van der Waals surface area contributed by atoms with Gasteiger partial charge in [0.15, 0.2) is 0 Å². The lowest BCUT2D eigenvalue weighted by atomic mass is 10.1. The Bertz CT molecular complexity index is 261. The van der Waals surface area contributed by atoms with Crippen molar-refractivity contribution in [3.05, 3.63) is 0 Å². The van der Waals surface area contributed by atoms with Gasteiger partial charge < -0.3 is 15.0 Å². The van der Waals surface area contributed by atoms with Crippen molar-refractivity contribution in [1.29, 1.82) is 0 Å². The number of likely N-dealkylation sites (N-methyl/N-ethyl adjacent to an activating group) is 1. The summed E-state index contributed by atoms with van der Waals surface area (Å²) in [6.07, 6.45) is 4.51. The van der Waals surface area contributed by atoms with Crippen LogP contribution < -0.4 is 5.32 Å². The van der Waals surface area contributed by atoms with E-state index in [1.807, 2.05) is 0 Å². The highest BCUT2D eigenvalue weighted by Gasteiger charge is 2.37. The molecule has 98 valence electrons. The van der Waals surface area contributed by atoms with Crippen molar-refractivity contribution in [3.8, 4) is 0 Å². The van der Waals surface area contributed by atoms with Crippen LogP contribution in [0.4, 0.5) is 0 Å². The maximum Gasteiger partial charge on any atom is 0.0826 e. The van der Waals surface area contributed by atoms with E-state index in [2.05, 4.69) is 22.2 Å². The third-order valence-corrected chi connectivity index (χ3v) is 4.56. The summed E-state index contributed by atoms with van der Waals surface area (Å²) in [7, 11) is 2.18. The second kappa shape index (κ2) is 5.22. The van der Waals surface area contributed by atoms with Crippen LogP contribution in [-0.4, -0.2) is 74.4 Å². The fraction of sp³-hybridized carbons (Fsp3) is 1.00. The maximum atomic E-state index is 5.80. The third-order valence-electron chi connectivity index (χ3n) is 4.56. The zero-order valence-electron chi connectivity index (χ0n) is 10.9. The minimum absolute atomic E-state index is 0.393. The van der Waals surface area contributed by atoms with E-state index in [0.29, 0.717) is 12.1 Å². The SMILES string of the molecule is CN1CCOC(CNC2CCN3CCCC23)C1. The van der Waals surface area contributed by atoms with Crippen LogP contribution in [-0.2, 0) is 4.74 Å². The van der Waals surface area contributed by atoms with Gasteiger partial charge in [-0.3, -0.25) is 4.90 Å². The molecule has 4 heteroatoms. The molecule has 4 nitrogen and oxygen atoms in total. The molecule has 3 aliphatic heterocycles. The quantitative estimate of drug-likeness (QED) is 0.758. The fourth-order valence-electron chi connectivity index (χ4n) is 3.59. The average Bonchev–Trinajstić information content (AvgIpc) is 2.89. The molecule has 3 atom stereocenters. The first-order valence-corrected chi connectivity index (χ1v) is 7.10. The number of morpholine rings is 1. The summed E-state index contributed by atoms with van der Waals surface area (Å²) >= 11 is 0. The van der Waals surface area contributed by atoms with Crippen molar-refractivity contribution < 1.29 is 4.74 Å². The van der Waals surface area contributed by atoms with Gasteiger partial charge in [0.2, 0.25) is 0 Å². The van der Waals surface area contributed by atoms with Crippen LogP contribution in [0.3, 0.4) is 0 Å². The highest BCUT2D eigenvalue weighted by Crippen LogP contribution is 2.27. The van der Waals surface area contributed by atoms with E-state index in [9.17, 15) is 0 Å². The minimum Gasteiger partial charge on any atom is -0.374 e. The predicted octanol–water partition coefficient (Wildman–Crippen LogP) is 0.143. The number of rotatable bonds is 3. The van der Waals surface area contributed by atoms with Crippen molar-refractivity contribution in [3.63, 3.8) is 0 Å². The Balaban J connectivity index is 1.44. The summed E-state index contributed by atoms with van der Waals surface area (Å²) in [5, 5.41) is 3.75. The van der Waals surface area contributed by atoms with E-state index in [0.717, 1.165) is 32.3 Å². The molecule has 0 aliphatic carbocycles. The van der Waals surface area contributed by atoms with Gasteiger partial charge in [0.05, 0.1) is 12.7 Å². The van der Waals surface area contributed by atoms with E-state index in [4.69, 9.17) is 4.74 Å². The topological polar surface area (TPSA) is 27.7 Å². The first-order valence-electron chi connectivity index (χ1n) is 7.10. The zero-order valence-corrected chi connectivity index (χ0v) is 10.9. The molecule has 1 N–H and O–H groups in total. The highest BCUT2D eigenvalue weighted by molar-refractivity contribution is 4.96. The van der Waals surface area contributed by atoms with E-state index in [-0.39, 0.29) is 0 Å². The highest BCUT2D eigenvalue weighted by atomic mass is 16.5. The molecule has 3 aliphatic rings. The molecule has 0 saturated carbocycles. The fourth-order valence-corrected chi connectivity index (χ4v) is 3.59. The number of nitrogens with one attached hydrogen (secondary N) is 1. The molecular formula is C13H25N3O. The van der Waals surface area contributed by atoms with Gasteiger partial charge in [-0.2, -0.15) is 0 Å². The number of nitrogens with zero attached hydrogens (tertiary/aromatic N) is 2. The van der Waals surface area contributed by atoms with Gasteiger partial charge in [0, 0.05) is 38.3 Å². The van der Waals surface area contributed by atoms with Crippen molar-refractivity contribution in [2.45, 2.75) is 37.5 Å². The van der Waals surface area contributed by atoms with Crippen LogP contribution in [0, 0.1) is 0 Å². The number of ether oxygens (including phenoxy) is 1. The summed E-state index contributed by atoms with van der Waals surface area (Å²) in [5.41, 5.74) is 0. The van der Waals surface area contributed by atoms with E-state index in [1.54, 1.807) is 0 Å². The number of hydrogen-bond acceptors (Lipinski definition) is 4. The van der Waals surface area contributed by atoms with Crippen LogP contribution in [0.2, 0.25) is 0 Å². The number of fused-ring (bicyclic) bond motifs is 1. The smallest absolute Gasteiger partial charge is 0.0826 e. The van der Waals surface area contributed by atoms with Gasteiger partial charge in [-0.25, -0.2) is 0 Å². The van der Waals surface area contributed by atoms with Crippen LogP contribution in [0.1, 0.15) is 19.3 Å². The van der Waals surface area contributed by atoms with Gasteiger partial charge in [-0.15, -0.1) is 0 Å². The van der Waals surface area contributed by atoms with Gasteiger partial charge >= 0.3 is 0 Å². The lowest BCUT2D eigenvalue weighted by Crippen LogP contribution is -2.48. The molecule has 17 heavy (non-hydrogen) atoms. The molecule has 0 aromatic rings. The molecule has 3 saturated heterocycles. The Kier molecular flexibility index (Phi) is 3.66. The lowest BCUT2D eigenvalue weighted by molar-refractivity contribution is -0.0195. The molecule has 0 aromatic carbocycles. The number of hydrogen-bond donors (Lipinski definition) is 1. The average molecular weight is 239 g/mol. The van der Waals surface area contributed by atoms with Gasteiger partial charge in [-0.05, 0) is 32.9 Å². The zero-order chi connectivity index (χ0) is 11.7. The lowest BCUT2D eigenvalue weighted by Gasteiger charge is -2.31. The second-order valence-electron chi connectivity index (χ2n) is 5.80. The minimum atomic E-state index is 0.393. The first kappa shape index (κ1) is 11.9. The Labute approximate surface area is 104 Å². The van der Waals surface area contributed by atoms with Crippen molar-refractivity contribution in [2.75, 3.05) is 46.4 Å². The van der Waals surface area contributed by atoms with Crippen molar-refractivity contribution in [1.82, 2.24) is 15.1 Å². The molecule has 3 unspecified atom stereocenters. The van der Waals surface area contributed by atoms with Crippen LogP contribution in [0.5, 0.6) is 0 Å². The molecule has 0 radical (unpaired) electrons. The van der Waals surface area contributed by atoms with Crippen molar-refractivity contribution >= 4 is 0 Å². The molecule has 0 spiro atoms. The van der Waals surface area contributed by atoms with Crippen LogP contribution in [0.15, 0.2) is 0 Å². The molecule has 0 amide bonds. The summed E-state index contributed by atoms with van der Waals surface area (Å²) in [5.74, 6) is 0. The second-order valence-corrected chi connectivity index (χ2v) is 5.80.